The first kappa shape index (κ1) is 11.9. The lowest BCUT2D eigenvalue weighted by Crippen LogP contribution is -2.21. The fourth-order valence-electron chi connectivity index (χ4n) is 1.50. The molecule has 0 fully saturated rings. The Hall–Kier alpha value is -0.580. The quantitative estimate of drug-likeness (QED) is 0.754. The SMILES string of the molecule is CCn1c(Cl)nc2c(Br)cc(Cl)cc2c1=O. The number of halogens is 3. The third-order valence-corrected chi connectivity index (χ3v) is 3.36. The molecule has 84 valence electrons. The molecule has 0 aliphatic heterocycles. The lowest BCUT2D eigenvalue weighted by Gasteiger charge is -2.07. The molecule has 0 saturated heterocycles. The zero-order chi connectivity index (χ0) is 11.9. The molecule has 6 heteroatoms. The van der Waals surface area contributed by atoms with E-state index in [0.29, 0.717) is 26.9 Å². The van der Waals surface area contributed by atoms with Gasteiger partial charge in [0.25, 0.3) is 5.56 Å². The van der Waals surface area contributed by atoms with Gasteiger partial charge in [-0.25, -0.2) is 4.98 Å². The molecule has 0 unspecified atom stereocenters. The second-order valence-electron chi connectivity index (χ2n) is 3.21. The first-order valence-corrected chi connectivity index (χ1v) is 6.14. The van der Waals surface area contributed by atoms with Gasteiger partial charge >= 0.3 is 0 Å². The summed E-state index contributed by atoms with van der Waals surface area (Å²) in [6, 6.07) is 3.28. The van der Waals surface area contributed by atoms with E-state index in [9.17, 15) is 4.79 Å². The van der Waals surface area contributed by atoms with E-state index in [0.717, 1.165) is 0 Å². The fourth-order valence-corrected chi connectivity index (χ4v) is 2.68. The second kappa shape index (κ2) is 4.35. The first-order chi connectivity index (χ1) is 7.54. The Bertz CT molecular complexity index is 624. The Labute approximate surface area is 110 Å². The van der Waals surface area contributed by atoms with Gasteiger partial charge in [0.05, 0.1) is 10.9 Å². The predicted molar refractivity (Wildman–Crippen MR) is 69.4 cm³/mol. The number of fused-ring (bicyclic) bond motifs is 1. The highest BCUT2D eigenvalue weighted by Gasteiger charge is 2.11. The van der Waals surface area contributed by atoms with Crippen molar-refractivity contribution in [2.75, 3.05) is 0 Å². The van der Waals surface area contributed by atoms with Crippen molar-refractivity contribution in [3.8, 4) is 0 Å². The van der Waals surface area contributed by atoms with Crippen LogP contribution in [-0.4, -0.2) is 9.55 Å². The Morgan fingerprint density at radius 1 is 1.44 bits per heavy atom. The summed E-state index contributed by atoms with van der Waals surface area (Å²) in [5.74, 6) is 0. The summed E-state index contributed by atoms with van der Waals surface area (Å²) in [6.45, 7) is 2.31. The molecule has 0 atom stereocenters. The molecular weight excluding hydrogens is 315 g/mol. The highest BCUT2D eigenvalue weighted by molar-refractivity contribution is 9.10. The number of nitrogens with zero attached hydrogens (tertiary/aromatic N) is 2. The average Bonchev–Trinajstić information content (AvgIpc) is 2.21. The van der Waals surface area contributed by atoms with Crippen molar-refractivity contribution in [1.29, 1.82) is 0 Å². The Morgan fingerprint density at radius 3 is 2.75 bits per heavy atom. The molecule has 1 aromatic carbocycles. The standard InChI is InChI=1S/C10H7BrCl2N2O/c1-2-15-9(16)6-3-5(12)4-7(11)8(6)14-10(15)13/h3-4H,2H2,1H3. The number of hydrogen-bond acceptors (Lipinski definition) is 2. The molecule has 0 aliphatic rings. The zero-order valence-electron chi connectivity index (χ0n) is 8.30. The molecule has 2 rings (SSSR count). The van der Waals surface area contributed by atoms with Crippen molar-refractivity contribution in [3.05, 3.63) is 37.3 Å². The molecule has 0 spiro atoms. The van der Waals surface area contributed by atoms with Crippen LogP contribution in [0, 0.1) is 0 Å². The summed E-state index contributed by atoms with van der Waals surface area (Å²) in [5.41, 5.74) is 0.352. The van der Waals surface area contributed by atoms with Crippen LogP contribution in [0.25, 0.3) is 10.9 Å². The van der Waals surface area contributed by atoms with Crippen LogP contribution in [0.5, 0.6) is 0 Å². The molecule has 16 heavy (non-hydrogen) atoms. The van der Waals surface area contributed by atoms with Gasteiger partial charge in [-0.15, -0.1) is 0 Å². The maximum atomic E-state index is 12.0. The van der Waals surface area contributed by atoms with Gasteiger partial charge in [-0.1, -0.05) is 11.6 Å². The lowest BCUT2D eigenvalue weighted by molar-refractivity contribution is 0.718. The van der Waals surface area contributed by atoms with E-state index in [4.69, 9.17) is 23.2 Å². The normalized spacial score (nSPS) is 11.0. The monoisotopic (exact) mass is 320 g/mol. The number of rotatable bonds is 1. The highest BCUT2D eigenvalue weighted by atomic mass is 79.9. The van der Waals surface area contributed by atoms with Gasteiger partial charge in [0.2, 0.25) is 5.28 Å². The molecule has 3 nitrogen and oxygen atoms in total. The van der Waals surface area contributed by atoms with E-state index in [-0.39, 0.29) is 10.8 Å². The topological polar surface area (TPSA) is 34.9 Å². The highest BCUT2D eigenvalue weighted by Crippen LogP contribution is 2.25. The summed E-state index contributed by atoms with van der Waals surface area (Å²) in [4.78, 5) is 16.2. The van der Waals surface area contributed by atoms with Crippen LogP contribution < -0.4 is 5.56 Å². The Balaban J connectivity index is 2.99. The molecule has 0 bridgehead atoms. The minimum absolute atomic E-state index is 0.180. The summed E-state index contributed by atoms with van der Waals surface area (Å²) in [7, 11) is 0. The molecule has 0 N–H and O–H groups in total. The van der Waals surface area contributed by atoms with Gasteiger partial charge < -0.3 is 0 Å². The summed E-state index contributed by atoms with van der Waals surface area (Å²) < 4.78 is 2.06. The molecule has 0 aliphatic carbocycles. The second-order valence-corrected chi connectivity index (χ2v) is 4.84. The number of benzene rings is 1. The van der Waals surface area contributed by atoms with Crippen molar-refractivity contribution < 1.29 is 0 Å². The molecular formula is C10H7BrCl2N2O. The lowest BCUT2D eigenvalue weighted by atomic mass is 10.2. The van der Waals surface area contributed by atoms with E-state index >= 15 is 0 Å². The largest absolute Gasteiger partial charge is 0.283 e. The maximum Gasteiger partial charge on any atom is 0.262 e. The van der Waals surface area contributed by atoms with E-state index in [1.807, 2.05) is 6.92 Å². The van der Waals surface area contributed by atoms with Crippen LogP contribution in [0.3, 0.4) is 0 Å². The van der Waals surface area contributed by atoms with Crippen molar-refractivity contribution >= 4 is 50.0 Å². The van der Waals surface area contributed by atoms with E-state index < -0.39 is 0 Å². The van der Waals surface area contributed by atoms with Crippen molar-refractivity contribution in [3.63, 3.8) is 0 Å². The van der Waals surface area contributed by atoms with E-state index in [1.54, 1.807) is 12.1 Å². The van der Waals surface area contributed by atoms with Crippen molar-refractivity contribution in [1.82, 2.24) is 9.55 Å². The molecule has 0 saturated carbocycles. The number of hydrogen-bond donors (Lipinski definition) is 0. The summed E-state index contributed by atoms with van der Waals surface area (Å²) in [5, 5.41) is 1.14. The maximum absolute atomic E-state index is 12.0. The molecule has 2 aromatic rings. The molecule has 0 radical (unpaired) electrons. The molecule has 1 heterocycles. The van der Waals surface area contributed by atoms with Gasteiger partial charge in [0, 0.05) is 16.0 Å². The minimum atomic E-state index is -0.180. The van der Waals surface area contributed by atoms with Gasteiger partial charge in [-0.05, 0) is 46.6 Å². The molecule has 0 amide bonds. The zero-order valence-corrected chi connectivity index (χ0v) is 11.4. The summed E-state index contributed by atoms with van der Waals surface area (Å²) >= 11 is 15.1. The van der Waals surface area contributed by atoms with Gasteiger partial charge in [-0.3, -0.25) is 9.36 Å². The Kier molecular flexibility index (Phi) is 3.24. The van der Waals surface area contributed by atoms with Crippen LogP contribution in [-0.2, 0) is 6.54 Å². The smallest absolute Gasteiger partial charge is 0.262 e. The number of aromatic nitrogens is 2. The Morgan fingerprint density at radius 2 is 2.12 bits per heavy atom. The average molecular weight is 322 g/mol. The van der Waals surface area contributed by atoms with Crippen LogP contribution in [0.2, 0.25) is 10.3 Å². The molecule has 1 aromatic heterocycles. The van der Waals surface area contributed by atoms with Crippen molar-refractivity contribution in [2.45, 2.75) is 13.5 Å². The van der Waals surface area contributed by atoms with Crippen LogP contribution >= 0.6 is 39.1 Å². The first-order valence-electron chi connectivity index (χ1n) is 4.59. The van der Waals surface area contributed by atoms with Gasteiger partial charge in [0.1, 0.15) is 0 Å². The van der Waals surface area contributed by atoms with Crippen molar-refractivity contribution in [2.24, 2.45) is 0 Å². The summed E-state index contributed by atoms with van der Waals surface area (Å²) in [6.07, 6.45) is 0. The van der Waals surface area contributed by atoms with Gasteiger partial charge in [-0.2, -0.15) is 0 Å². The fraction of sp³-hybridized carbons (Fsp3) is 0.200. The van der Waals surface area contributed by atoms with Gasteiger partial charge in [0.15, 0.2) is 0 Å². The van der Waals surface area contributed by atoms with E-state index in [2.05, 4.69) is 20.9 Å². The third-order valence-electron chi connectivity index (χ3n) is 2.25. The van der Waals surface area contributed by atoms with E-state index in [1.165, 1.54) is 4.57 Å². The van der Waals surface area contributed by atoms with Crippen LogP contribution in [0.4, 0.5) is 0 Å². The van der Waals surface area contributed by atoms with Crippen LogP contribution in [0.15, 0.2) is 21.4 Å². The van der Waals surface area contributed by atoms with Crippen LogP contribution in [0.1, 0.15) is 6.92 Å². The minimum Gasteiger partial charge on any atom is -0.283 e. The predicted octanol–water partition coefficient (Wildman–Crippen LogP) is 3.49. The third kappa shape index (κ3) is 1.85.